The van der Waals surface area contributed by atoms with E-state index in [2.05, 4.69) is 46.2 Å². The number of imidazole rings is 1. The van der Waals surface area contributed by atoms with Gasteiger partial charge in [0.05, 0.1) is 11.0 Å². The van der Waals surface area contributed by atoms with Gasteiger partial charge in [-0.1, -0.05) is 18.2 Å². The van der Waals surface area contributed by atoms with E-state index in [1.54, 1.807) is 0 Å². The molecule has 1 atom stereocenters. The minimum absolute atomic E-state index is 0.352. The van der Waals surface area contributed by atoms with Crippen LogP contribution in [-0.4, -0.2) is 27.6 Å². The van der Waals surface area contributed by atoms with Gasteiger partial charge in [-0.15, -0.1) is 0 Å². The van der Waals surface area contributed by atoms with Crippen LogP contribution in [0.1, 0.15) is 11.4 Å². The molecule has 3 rings (SSSR count). The van der Waals surface area contributed by atoms with Crippen LogP contribution in [0.4, 0.5) is 0 Å². The predicted molar refractivity (Wildman–Crippen MR) is 85.2 cm³/mol. The topological polar surface area (TPSA) is 42.7 Å². The Bertz CT molecular complexity index is 718. The van der Waals surface area contributed by atoms with Gasteiger partial charge in [-0.25, -0.2) is 4.98 Å². The molecule has 3 aromatic rings. The molecule has 2 heterocycles. The molecule has 4 nitrogen and oxygen atoms in total. The van der Waals surface area contributed by atoms with Crippen LogP contribution in [-0.2, 0) is 19.9 Å². The third kappa shape index (κ3) is 2.95. The normalized spacial score (nSPS) is 12.7. The number of nitrogens with zero attached hydrogens (tertiary/aromatic N) is 3. The minimum atomic E-state index is 0.352. The summed E-state index contributed by atoms with van der Waals surface area (Å²) in [7, 11) is 4.09. The standard InChI is InChI=1S/C17H20N4/c1-18-14(10-13-6-5-9-19-12-13)11-17-20-15-7-3-4-8-16(15)21(17)2/h3-9,12,14,18H,10-11H2,1-2H3. The number of pyridine rings is 1. The summed E-state index contributed by atoms with van der Waals surface area (Å²) in [6, 6.07) is 12.7. The molecule has 2 aromatic heterocycles. The van der Waals surface area contributed by atoms with Crippen LogP contribution < -0.4 is 5.32 Å². The molecule has 0 radical (unpaired) electrons. The lowest BCUT2D eigenvalue weighted by Gasteiger charge is -2.15. The molecule has 0 saturated carbocycles. The van der Waals surface area contributed by atoms with E-state index in [-0.39, 0.29) is 0 Å². The molecule has 0 aliphatic heterocycles. The van der Waals surface area contributed by atoms with Gasteiger partial charge in [0, 0.05) is 31.9 Å². The van der Waals surface area contributed by atoms with Crippen molar-refractivity contribution >= 4 is 11.0 Å². The van der Waals surface area contributed by atoms with Crippen molar-refractivity contribution in [2.45, 2.75) is 18.9 Å². The van der Waals surface area contributed by atoms with Crippen molar-refractivity contribution in [2.24, 2.45) is 7.05 Å². The van der Waals surface area contributed by atoms with Crippen LogP contribution >= 0.6 is 0 Å². The third-order valence-electron chi connectivity index (χ3n) is 3.92. The zero-order valence-corrected chi connectivity index (χ0v) is 12.5. The van der Waals surface area contributed by atoms with Crippen LogP contribution in [0.2, 0.25) is 0 Å². The second-order valence-corrected chi connectivity index (χ2v) is 5.33. The number of rotatable bonds is 5. The highest BCUT2D eigenvalue weighted by Gasteiger charge is 2.14. The molecule has 1 aromatic carbocycles. The van der Waals surface area contributed by atoms with Crippen molar-refractivity contribution in [3.8, 4) is 0 Å². The molecule has 0 saturated heterocycles. The van der Waals surface area contributed by atoms with Crippen LogP contribution in [0.5, 0.6) is 0 Å². The lowest BCUT2D eigenvalue weighted by Crippen LogP contribution is -2.31. The molecule has 0 amide bonds. The number of aromatic nitrogens is 3. The molecule has 21 heavy (non-hydrogen) atoms. The maximum absolute atomic E-state index is 4.75. The highest BCUT2D eigenvalue weighted by atomic mass is 15.1. The van der Waals surface area contributed by atoms with E-state index < -0.39 is 0 Å². The fourth-order valence-electron chi connectivity index (χ4n) is 2.68. The number of nitrogens with one attached hydrogen (secondary N) is 1. The Hall–Kier alpha value is -2.20. The van der Waals surface area contributed by atoms with Gasteiger partial charge < -0.3 is 9.88 Å². The van der Waals surface area contributed by atoms with Crippen molar-refractivity contribution < 1.29 is 0 Å². The summed E-state index contributed by atoms with van der Waals surface area (Å²) in [6.07, 6.45) is 5.59. The first-order valence-electron chi connectivity index (χ1n) is 7.24. The second-order valence-electron chi connectivity index (χ2n) is 5.33. The van der Waals surface area contributed by atoms with Crippen molar-refractivity contribution in [1.82, 2.24) is 19.9 Å². The molecular weight excluding hydrogens is 260 g/mol. The molecule has 0 aliphatic rings. The summed E-state index contributed by atoms with van der Waals surface area (Å²) in [5.74, 6) is 1.11. The van der Waals surface area contributed by atoms with Crippen LogP contribution in [0.3, 0.4) is 0 Å². The molecule has 108 valence electrons. The largest absolute Gasteiger partial charge is 0.331 e. The van der Waals surface area contributed by atoms with Gasteiger partial charge in [0.15, 0.2) is 0 Å². The first-order valence-corrected chi connectivity index (χ1v) is 7.24. The third-order valence-corrected chi connectivity index (χ3v) is 3.92. The fraction of sp³-hybridized carbons (Fsp3) is 0.294. The first-order chi connectivity index (χ1) is 10.3. The molecule has 0 aliphatic carbocycles. The van der Waals surface area contributed by atoms with E-state index in [1.165, 1.54) is 11.1 Å². The fourth-order valence-corrected chi connectivity index (χ4v) is 2.68. The van der Waals surface area contributed by atoms with Gasteiger partial charge in [0.2, 0.25) is 0 Å². The van der Waals surface area contributed by atoms with E-state index in [0.29, 0.717) is 6.04 Å². The van der Waals surface area contributed by atoms with Crippen molar-refractivity contribution in [3.05, 3.63) is 60.2 Å². The van der Waals surface area contributed by atoms with E-state index >= 15 is 0 Å². The summed E-state index contributed by atoms with van der Waals surface area (Å²) < 4.78 is 2.18. The zero-order chi connectivity index (χ0) is 14.7. The molecule has 0 fully saturated rings. The predicted octanol–water partition coefficient (Wildman–Crippen LogP) is 2.34. The Morgan fingerprint density at radius 2 is 2.00 bits per heavy atom. The van der Waals surface area contributed by atoms with Gasteiger partial charge in [-0.3, -0.25) is 4.98 Å². The Morgan fingerprint density at radius 1 is 1.14 bits per heavy atom. The SMILES string of the molecule is CNC(Cc1cccnc1)Cc1nc2ccccc2n1C. The van der Waals surface area contributed by atoms with E-state index in [4.69, 9.17) is 4.98 Å². The van der Waals surface area contributed by atoms with Gasteiger partial charge >= 0.3 is 0 Å². The smallest absolute Gasteiger partial charge is 0.111 e. The second kappa shape index (κ2) is 6.06. The molecule has 0 spiro atoms. The van der Waals surface area contributed by atoms with Crippen LogP contribution in [0.25, 0.3) is 11.0 Å². The van der Waals surface area contributed by atoms with E-state index in [0.717, 1.165) is 24.2 Å². The van der Waals surface area contributed by atoms with Crippen molar-refractivity contribution in [3.63, 3.8) is 0 Å². The Morgan fingerprint density at radius 3 is 2.71 bits per heavy atom. The monoisotopic (exact) mass is 280 g/mol. The average molecular weight is 280 g/mol. The molecule has 1 unspecified atom stereocenters. The average Bonchev–Trinajstić information content (AvgIpc) is 2.84. The summed E-state index contributed by atoms with van der Waals surface area (Å²) >= 11 is 0. The van der Waals surface area contributed by atoms with Crippen molar-refractivity contribution in [1.29, 1.82) is 0 Å². The number of likely N-dealkylation sites (N-methyl/N-ethyl adjacent to an activating group) is 1. The number of aryl methyl sites for hydroxylation is 1. The van der Waals surface area contributed by atoms with Gasteiger partial charge in [0.25, 0.3) is 0 Å². The molecule has 0 bridgehead atoms. The quantitative estimate of drug-likeness (QED) is 0.780. The lowest BCUT2D eigenvalue weighted by atomic mass is 10.0. The molecular formula is C17H20N4. The number of hydrogen-bond donors (Lipinski definition) is 1. The Labute approximate surface area is 124 Å². The van der Waals surface area contributed by atoms with Gasteiger partial charge in [-0.2, -0.15) is 0 Å². The highest BCUT2D eigenvalue weighted by molar-refractivity contribution is 5.75. The molecule has 4 heteroatoms. The number of hydrogen-bond acceptors (Lipinski definition) is 3. The summed E-state index contributed by atoms with van der Waals surface area (Å²) in [6.45, 7) is 0. The zero-order valence-electron chi connectivity index (χ0n) is 12.5. The van der Waals surface area contributed by atoms with Crippen molar-refractivity contribution in [2.75, 3.05) is 7.05 Å². The summed E-state index contributed by atoms with van der Waals surface area (Å²) in [4.78, 5) is 8.93. The molecule has 1 N–H and O–H groups in total. The summed E-state index contributed by atoms with van der Waals surface area (Å²) in [5, 5.41) is 3.39. The van der Waals surface area contributed by atoms with Crippen LogP contribution in [0.15, 0.2) is 48.8 Å². The minimum Gasteiger partial charge on any atom is -0.331 e. The lowest BCUT2D eigenvalue weighted by molar-refractivity contribution is 0.535. The van der Waals surface area contributed by atoms with E-state index in [9.17, 15) is 0 Å². The summed E-state index contributed by atoms with van der Waals surface area (Å²) in [5.41, 5.74) is 3.49. The highest BCUT2D eigenvalue weighted by Crippen LogP contribution is 2.16. The number of fused-ring (bicyclic) bond motifs is 1. The van der Waals surface area contributed by atoms with E-state index in [1.807, 2.05) is 31.6 Å². The maximum Gasteiger partial charge on any atom is 0.111 e. The Balaban J connectivity index is 1.81. The first kappa shape index (κ1) is 13.8. The number of benzene rings is 1. The number of para-hydroxylation sites is 2. The maximum atomic E-state index is 4.75. The Kier molecular flexibility index (Phi) is 3.97. The van der Waals surface area contributed by atoms with Crippen LogP contribution in [0, 0.1) is 0 Å². The van der Waals surface area contributed by atoms with Gasteiger partial charge in [0.1, 0.15) is 5.82 Å². The van der Waals surface area contributed by atoms with Gasteiger partial charge in [-0.05, 0) is 37.2 Å².